The first-order chi connectivity index (χ1) is 11.2. The predicted molar refractivity (Wildman–Crippen MR) is 84.8 cm³/mol. The zero-order valence-electron chi connectivity index (χ0n) is 12.7. The van der Waals surface area contributed by atoms with Gasteiger partial charge in [-0.2, -0.15) is 0 Å². The van der Waals surface area contributed by atoms with E-state index in [4.69, 9.17) is 9.15 Å². The largest absolute Gasteiger partial charge is 0.465 e. The Hall–Kier alpha value is -2.66. The van der Waals surface area contributed by atoms with E-state index in [9.17, 15) is 9.90 Å². The number of benzene rings is 1. The van der Waals surface area contributed by atoms with E-state index in [0.717, 1.165) is 0 Å². The van der Waals surface area contributed by atoms with Gasteiger partial charge in [0.25, 0.3) is 0 Å². The van der Waals surface area contributed by atoms with Crippen molar-refractivity contribution in [3.05, 3.63) is 66.2 Å². The number of rotatable bonds is 5. The smallest absolute Gasteiger partial charge is 0.316 e. The molecule has 0 aliphatic heterocycles. The molecule has 23 heavy (non-hydrogen) atoms. The van der Waals surface area contributed by atoms with E-state index >= 15 is 0 Å². The van der Waals surface area contributed by atoms with Crippen LogP contribution in [0.15, 0.2) is 59.5 Å². The van der Waals surface area contributed by atoms with Gasteiger partial charge in [0.2, 0.25) is 0 Å². The van der Waals surface area contributed by atoms with Gasteiger partial charge in [0, 0.05) is 23.3 Å². The summed E-state index contributed by atoms with van der Waals surface area (Å²) in [7, 11) is 0. The molecule has 0 aliphatic carbocycles. The average molecular weight is 311 g/mol. The molecule has 0 amide bonds. The van der Waals surface area contributed by atoms with Crippen molar-refractivity contribution >= 4 is 16.9 Å². The summed E-state index contributed by atoms with van der Waals surface area (Å²) in [5, 5.41) is 11.4. The molecule has 2 heterocycles. The number of nitrogens with zero attached hydrogens (tertiary/aromatic N) is 1. The zero-order chi connectivity index (χ0) is 16.2. The van der Waals surface area contributed by atoms with Gasteiger partial charge in [-0.15, -0.1) is 0 Å². The van der Waals surface area contributed by atoms with Crippen LogP contribution in [-0.2, 0) is 9.53 Å². The minimum absolute atomic E-state index is 0.241. The van der Waals surface area contributed by atoms with Gasteiger partial charge in [0.15, 0.2) is 0 Å². The normalized spacial score (nSPS) is 13.7. The van der Waals surface area contributed by atoms with Crippen LogP contribution in [0.2, 0.25) is 0 Å². The molecule has 0 saturated heterocycles. The Labute approximate surface area is 133 Å². The first-order valence-corrected chi connectivity index (χ1v) is 7.43. The van der Waals surface area contributed by atoms with Crippen LogP contribution in [0.1, 0.15) is 30.1 Å². The van der Waals surface area contributed by atoms with Crippen molar-refractivity contribution in [3.8, 4) is 0 Å². The molecule has 1 N–H and O–H groups in total. The highest BCUT2D eigenvalue weighted by atomic mass is 16.5. The van der Waals surface area contributed by atoms with Crippen molar-refractivity contribution in [1.82, 2.24) is 4.98 Å². The Balaban J connectivity index is 2.07. The SMILES string of the molecule is CCOC(=O)[C@@H](c1coc2ccncc12)[C@H](O)c1ccccc1. The molecule has 118 valence electrons. The molecule has 0 bridgehead atoms. The van der Waals surface area contributed by atoms with Crippen LogP contribution in [0.25, 0.3) is 11.0 Å². The molecule has 0 unspecified atom stereocenters. The van der Waals surface area contributed by atoms with Gasteiger partial charge in [-0.3, -0.25) is 9.78 Å². The van der Waals surface area contributed by atoms with E-state index in [2.05, 4.69) is 4.98 Å². The van der Waals surface area contributed by atoms with Gasteiger partial charge < -0.3 is 14.3 Å². The van der Waals surface area contributed by atoms with Gasteiger partial charge in [-0.25, -0.2) is 0 Å². The Kier molecular flexibility index (Phi) is 4.39. The van der Waals surface area contributed by atoms with Crippen LogP contribution < -0.4 is 0 Å². The second-order valence-electron chi connectivity index (χ2n) is 5.15. The van der Waals surface area contributed by atoms with E-state index in [1.54, 1.807) is 37.5 Å². The molecular weight excluding hydrogens is 294 g/mol. The fraction of sp³-hybridized carbons (Fsp3) is 0.222. The molecule has 2 atom stereocenters. The molecule has 0 aliphatic rings. The van der Waals surface area contributed by atoms with Crippen LogP contribution in [0.3, 0.4) is 0 Å². The summed E-state index contributed by atoms with van der Waals surface area (Å²) in [6, 6.07) is 10.8. The van der Waals surface area contributed by atoms with Crippen molar-refractivity contribution in [3.63, 3.8) is 0 Å². The number of pyridine rings is 1. The van der Waals surface area contributed by atoms with E-state index in [-0.39, 0.29) is 6.61 Å². The summed E-state index contributed by atoms with van der Waals surface area (Å²) in [6.07, 6.45) is 3.69. The molecular formula is C18H17NO4. The fourth-order valence-corrected chi connectivity index (χ4v) is 2.63. The molecule has 3 aromatic rings. The molecule has 3 rings (SSSR count). The standard InChI is InChI=1S/C18H17NO4/c1-2-22-18(21)16(17(20)12-6-4-3-5-7-12)14-11-23-15-8-9-19-10-13(14)15/h3-11,16-17,20H,2H2,1H3/t16-,17+/m0/s1. The zero-order valence-corrected chi connectivity index (χ0v) is 12.7. The molecule has 1 aromatic carbocycles. The third kappa shape index (κ3) is 2.96. The second-order valence-corrected chi connectivity index (χ2v) is 5.15. The van der Waals surface area contributed by atoms with Crippen molar-refractivity contribution in [2.24, 2.45) is 0 Å². The van der Waals surface area contributed by atoms with Crippen molar-refractivity contribution in [2.45, 2.75) is 18.9 Å². The first kappa shape index (κ1) is 15.2. The Morgan fingerprint density at radius 2 is 2.09 bits per heavy atom. The van der Waals surface area contributed by atoms with Gasteiger partial charge in [-0.1, -0.05) is 30.3 Å². The lowest BCUT2D eigenvalue weighted by Crippen LogP contribution is -2.22. The average Bonchev–Trinajstić information content (AvgIpc) is 3.00. The maximum Gasteiger partial charge on any atom is 0.316 e. The van der Waals surface area contributed by atoms with Crippen LogP contribution >= 0.6 is 0 Å². The minimum Gasteiger partial charge on any atom is -0.465 e. The molecule has 2 aromatic heterocycles. The van der Waals surface area contributed by atoms with Crippen molar-refractivity contribution in [2.75, 3.05) is 6.61 Å². The van der Waals surface area contributed by atoms with E-state index in [1.165, 1.54) is 6.26 Å². The number of carbonyl (C=O) groups is 1. The summed E-state index contributed by atoms with van der Waals surface area (Å²) in [4.78, 5) is 16.5. The lowest BCUT2D eigenvalue weighted by atomic mass is 9.89. The highest BCUT2D eigenvalue weighted by Gasteiger charge is 2.33. The highest BCUT2D eigenvalue weighted by Crippen LogP contribution is 2.36. The van der Waals surface area contributed by atoms with Crippen molar-refractivity contribution < 1.29 is 19.1 Å². The summed E-state index contributed by atoms with van der Waals surface area (Å²) in [5.41, 5.74) is 1.83. The summed E-state index contributed by atoms with van der Waals surface area (Å²) >= 11 is 0. The quantitative estimate of drug-likeness (QED) is 0.732. The lowest BCUT2D eigenvalue weighted by Gasteiger charge is -2.21. The number of hydrogen-bond acceptors (Lipinski definition) is 5. The number of ether oxygens (including phenoxy) is 1. The number of aromatic nitrogens is 1. The molecule has 0 radical (unpaired) electrons. The number of carbonyl (C=O) groups excluding carboxylic acids is 1. The summed E-state index contributed by atoms with van der Waals surface area (Å²) in [5.74, 6) is -1.36. The number of aliphatic hydroxyl groups is 1. The monoisotopic (exact) mass is 311 g/mol. The topological polar surface area (TPSA) is 72.6 Å². The fourth-order valence-electron chi connectivity index (χ4n) is 2.63. The van der Waals surface area contributed by atoms with Gasteiger partial charge in [-0.05, 0) is 18.6 Å². The minimum atomic E-state index is -1.03. The number of esters is 1. The van der Waals surface area contributed by atoms with Crippen LogP contribution in [0.5, 0.6) is 0 Å². The second kappa shape index (κ2) is 6.62. The maximum absolute atomic E-state index is 12.5. The van der Waals surface area contributed by atoms with Crippen molar-refractivity contribution in [1.29, 1.82) is 0 Å². The van der Waals surface area contributed by atoms with E-state index in [1.807, 2.05) is 18.2 Å². The summed E-state index contributed by atoms with van der Waals surface area (Å²) < 4.78 is 10.6. The van der Waals surface area contributed by atoms with Gasteiger partial charge >= 0.3 is 5.97 Å². The maximum atomic E-state index is 12.5. The van der Waals surface area contributed by atoms with Crippen LogP contribution in [0, 0.1) is 0 Å². The number of furan rings is 1. The number of aliphatic hydroxyl groups excluding tert-OH is 1. The molecule has 0 saturated carbocycles. The van der Waals surface area contributed by atoms with E-state index < -0.39 is 18.0 Å². The Morgan fingerprint density at radius 3 is 2.83 bits per heavy atom. The third-order valence-electron chi connectivity index (χ3n) is 3.74. The van der Waals surface area contributed by atoms with Crippen LogP contribution in [0.4, 0.5) is 0 Å². The molecule has 0 fully saturated rings. The molecule has 0 spiro atoms. The van der Waals surface area contributed by atoms with Gasteiger partial charge in [0.05, 0.1) is 19.0 Å². The highest BCUT2D eigenvalue weighted by molar-refractivity contribution is 5.88. The van der Waals surface area contributed by atoms with Crippen LogP contribution in [-0.4, -0.2) is 22.7 Å². The number of fused-ring (bicyclic) bond motifs is 1. The molecule has 5 heteroatoms. The predicted octanol–water partition coefficient (Wildman–Crippen LogP) is 3.21. The third-order valence-corrected chi connectivity index (χ3v) is 3.74. The Bertz CT molecular complexity index is 797. The Morgan fingerprint density at radius 1 is 1.30 bits per heavy atom. The first-order valence-electron chi connectivity index (χ1n) is 7.43. The van der Waals surface area contributed by atoms with Gasteiger partial charge in [0.1, 0.15) is 11.5 Å². The van der Waals surface area contributed by atoms with E-state index in [0.29, 0.717) is 22.1 Å². The summed E-state index contributed by atoms with van der Waals surface area (Å²) in [6.45, 7) is 1.98. The molecule has 5 nitrogen and oxygen atoms in total. The number of hydrogen-bond donors (Lipinski definition) is 1. The lowest BCUT2D eigenvalue weighted by molar-refractivity contribution is -0.148.